The smallest absolute Gasteiger partial charge is 0.182 e. The number of thiazole rings is 1. The first-order valence-corrected chi connectivity index (χ1v) is 4.80. The Labute approximate surface area is 75.6 Å². The van der Waals surface area contributed by atoms with Crippen LogP contribution in [-0.2, 0) is 0 Å². The van der Waals surface area contributed by atoms with E-state index in [1.807, 2.05) is 19.2 Å². The predicted molar refractivity (Wildman–Crippen MR) is 50.7 cm³/mol. The zero-order valence-corrected chi connectivity index (χ0v) is 8.17. The Bertz CT molecular complexity index is 222. The number of rotatable bonds is 3. The van der Waals surface area contributed by atoms with Crippen molar-refractivity contribution in [2.45, 2.75) is 19.2 Å². The second-order valence-corrected chi connectivity index (χ2v) is 4.06. The fourth-order valence-corrected chi connectivity index (χ4v) is 1.44. The Morgan fingerprint density at radius 3 is 3.00 bits per heavy atom. The highest BCUT2D eigenvalue weighted by molar-refractivity contribution is 7.13. The quantitative estimate of drug-likeness (QED) is 0.741. The largest absolute Gasteiger partial charge is 0.360 e. The maximum Gasteiger partial charge on any atom is 0.182 e. The minimum absolute atomic E-state index is 0.152. The molecule has 0 aliphatic rings. The summed E-state index contributed by atoms with van der Waals surface area (Å²) >= 11 is 7.36. The van der Waals surface area contributed by atoms with Gasteiger partial charge in [-0.1, -0.05) is 0 Å². The second-order valence-electron chi connectivity index (χ2n) is 2.46. The molecular formula is C7H11ClN2S. The lowest BCUT2D eigenvalue weighted by atomic mass is 10.5. The van der Waals surface area contributed by atoms with Gasteiger partial charge in [-0.25, -0.2) is 4.98 Å². The van der Waals surface area contributed by atoms with Crippen molar-refractivity contribution in [1.29, 1.82) is 0 Å². The molecule has 0 aromatic carbocycles. The number of nitrogens with zero attached hydrogens (tertiary/aromatic N) is 1. The second kappa shape index (κ2) is 3.93. The van der Waals surface area contributed by atoms with E-state index in [1.165, 1.54) is 0 Å². The summed E-state index contributed by atoms with van der Waals surface area (Å²) in [6, 6.07) is 0. The lowest BCUT2D eigenvalue weighted by Crippen LogP contribution is -2.09. The third-order valence-corrected chi connectivity index (χ3v) is 2.23. The van der Waals surface area contributed by atoms with Gasteiger partial charge in [0.15, 0.2) is 5.13 Å². The number of aromatic nitrogens is 1. The summed E-state index contributed by atoms with van der Waals surface area (Å²) in [4.78, 5) is 4.23. The van der Waals surface area contributed by atoms with Gasteiger partial charge >= 0.3 is 0 Å². The van der Waals surface area contributed by atoms with Gasteiger partial charge in [0, 0.05) is 17.3 Å². The van der Waals surface area contributed by atoms with Gasteiger partial charge in [-0.3, -0.25) is 0 Å². The molecule has 0 aliphatic carbocycles. The van der Waals surface area contributed by atoms with Crippen LogP contribution in [0, 0.1) is 6.92 Å². The van der Waals surface area contributed by atoms with Crippen LogP contribution in [0.1, 0.15) is 12.6 Å². The molecule has 1 heterocycles. The van der Waals surface area contributed by atoms with Crippen LogP contribution >= 0.6 is 22.9 Å². The van der Waals surface area contributed by atoms with Crippen LogP contribution in [0.5, 0.6) is 0 Å². The number of nitrogens with one attached hydrogen (secondary N) is 1. The Morgan fingerprint density at radius 1 is 1.82 bits per heavy atom. The van der Waals surface area contributed by atoms with Crippen LogP contribution in [0.2, 0.25) is 0 Å². The van der Waals surface area contributed by atoms with Gasteiger partial charge in [0.2, 0.25) is 0 Å². The van der Waals surface area contributed by atoms with Crippen molar-refractivity contribution in [3.8, 4) is 0 Å². The maximum atomic E-state index is 5.75. The minimum Gasteiger partial charge on any atom is -0.360 e. The number of hydrogen-bond acceptors (Lipinski definition) is 3. The number of aryl methyl sites for hydroxylation is 1. The highest BCUT2D eigenvalue weighted by Crippen LogP contribution is 2.14. The number of hydrogen-bond donors (Lipinski definition) is 1. The van der Waals surface area contributed by atoms with Crippen LogP contribution in [-0.4, -0.2) is 16.9 Å². The topological polar surface area (TPSA) is 24.9 Å². The van der Waals surface area contributed by atoms with E-state index in [0.717, 1.165) is 17.4 Å². The number of alkyl halides is 1. The van der Waals surface area contributed by atoms with Crippen LogP contribution in [0.3, 0.4) is 0 Å². The van der Waals surface area contributed by atoms with Crippen molar-refractivity contribution < 1.29 is 0 Å². The van der Waals surface area contributed by atoms with Crippen molar-refractivity contribution in [1.82, 2.24) is 4.98 Å². The van der Waals surface area contributed by atoms with E-state index in [0.29, 0.717) is 0 Å². The molecule has 0 bridgehead atoms. The fourth-order valence-electron chi connectivity index (χ4n) is 0.663. The molecule has 0 fully saturated rings. The summed E-state index contributed by atoms with van der Waals surface area (Å²) in [5.74, 6) is 0. The fraction of sp³-hybridized carbons (Fsp3) is 0.571. The summed E-state index contributed by atoms with van der Waals surface area (Å²) in [5.41, 5.74) is 1.06. The molecule has 1 aromatic rings. The predicted octanol–water partition coefficient (Wildman–Crippen LogP) is 2.49. The summed E-state index contributed by atoms with van der Waals surface area (Å²) in [7, 11) is 0. The summed E-state index contributed by atoms with van der Waals surface area (Å²) in [6.45, 7) is 4.70. The Balaban J connectivity index is 2.39. The Morgan fingerprint density at radius 2 is 2.55 bits per heavy atom. The Hall–Kier alpha value is -0.280. The molecule has 0 aliphatic heterocycles. The van der Waals surface area contributed by atoms with E-state index in [2.05, 4.69) is 10.3 Å². The molecule has 1 atom stereocenters. The van der Waals surface area contributed by atoms with Gasteiger partial charge in [-0.15, -0.1) is 22.9 Å². The highest BCUT2D eigenvalue weighted by atomic mass is 35.5. The Kier molecular flexibility index (Phi) is 3.15. The van der Waals surface area contributed by atoms with Gasteiger partial charge in [0.05, 0.1) is 5.69 Å². The molecule has 62 valence electrons. The zero-order chi connectivity index (χ0) is 8.27. The van der Waals surface area contributed by atoms with E-state index in [1.54, 1.807) is 11.3 Å². The third-order valence-electron chi connectivity index (χ3n) is 1.15. The van der Waals surface area contributed by atoms with Crippen LogP contribution in [0.4, 0.5) is 5.13 Å². The van der Waals surface area contributed by atoms with Gasteiger partial charge in [0.1, 0.15) is 0 Å². The molecule has 1 N–H and O–H groups in total. The average molecular weight is 191 g/mol. The zero-order valence-electron chi connectivity index (χ0n) is 6.60. The van der Waals surface area contributed by atoms with Crippen molar-refractivity contribution in [3.63, 3.8) is 0 Å². The molecule has 0 spiro atoms. The maximum absolute atomic E-state index is 5.75. The van der Waals surface area contributed by atoms with Gasteiger partial charge < -0.3 is 5.32 Å². The number of halogens is 1. The van der Waals surface area contributed by atoms with Crippen molar-refractivity contribution in [2.24, 2.45) is 0 Å². The summed E-state index contributed by atoms with van der Waals surface area (Å²) in [6.07, 6.45) is 0. The molecule has 11 heavy (non-hydrogen) atoms. The monoisotopic (exact) mass is 190 g/mol. The first-order valence-electron chi connectivity index (χ1n) is 3.48. The molecule has 1 unspecified atom stereocenters. The van der Waals surface area contributed by atoms with Crippen LogP contribution in [0.25, 0.3) is 0 Å². The summed E-state index contributed by atoms with van der Waals surface area (Å²) < 4.78 is 0. The van der Waals surface area contributed by atoms with Gasteiger partial charge in [-0.05, 0) is 13.8 Å². The molecule has 0 radical (unpaired) electrons. The minimum atomic E-state index is 0.152. The summed E-state index contributed by atoms with van der Waals surface area (Å²) in [5, 5.41) is 6.26. The third kappa shape index (κ3) is 3.08. The molecule has 0 saturated heterocycles. The first-order chi connectivity index (χ1) is 5.18. The van der Waals surface area contributed by atoms with Gasteiger partial charge in [0.25, 0.3) is 0 Å². The van der Waals surface area contributed by atoms with E-state index >= 15 is 0 Å². The van der Waals surface area contributed by atoms with E-state index in [4.69, 9.17) is 11.6 Å². The van der Waals surface area contributed by atoms with Gasteiger partial charge in [-0.2, -0.15) is 0 Å². The molecule has 0 saturated carbocycles. The molecule has 1 rings (SSSR count). The van der Waals surface area contributed by atoms with Crippen LogP contribution in [0.15, 0.2) is 5.38 Å². The lowest BCUT2D eigenvalue weighted by Gasteiger charge is -2.02. The standard InChI is InChI=1S/C7H11ClN2S/c1-5(8)3-9-7-10-6(2)4-11-7/h4-5H,3H2,1-2H3,(H,9,10). The number of anilines is 1. The average Bonchev–Trinajstić information content (AvgIpc) is 2.31. The van der Waals surface area contributed by atoms with E-state index in [-0.39, 0.29) is 5.38 Å². The highest BCUT2D eigenvalue weighted by Gasteiger charge is 1.98. The normalized spacial score (nSPS) is 13.0. The SMILES string of the molecule is Cc1csc(NCC(C)Cl)n1. The molecule has 1 aromatic heterocycles. The lowest BCUT2D eigenvalue weighted by molar-refractivity contribution is 0.983. The van der Waals surface area contributed by atoms with Crippen LogP contribution < -0.4 is 5.32 Å². The van der Waals surface area contributed by atoms with E-state index < -0.39 is 0 Å². The molecule has 4 heteroatoms. The molecular weight excluding hydrogens is 180 g/mol. The first kappa shape index (κ1) is 8.81. The van der Waals surface area contributed by atoms with E-state index in [9.17, 15) is 0 Å². The molecule has 2 nitrogen and oxygen atoms in total. The van der Waals surface area contributed by atoms with Crippen molar-refractivity contribution in [3.05, 3.63) is 11.1 Å². The van der Waals surface area contributed by atoms with Crippen molar-refractivity contribution in [2.75, 3.05) is 11.9 Å². The van der Waals surface area contributed by atoms with Crippen molar-refractivity contribution >= 4 is 28.1 Å². The molecule has 0 amide bonds.